The van der Waals surface area contributed by atoms with E-state index in [4.69, 9.17) is 16.3 Å². The minimum atomic E-state index is -0.358. The lowest BCUT2D eigenvalue weighted by Gasteiger charge is -2.11. The van der Waals surface area contributed by atoms with E-state index in [0.29, 0.717) is 23.0 Å². The highest BCUT2D eigenvalue weighted by atomic mass is 79.9. The van der Waals surface area contributed by atoms with Crippen LogP contribution in [0.25, 0.3) is 0 Å². The third-order valence-electron chi connectivity index (χ3n) is 3.82. The van der Waals surface area contributed by atoms with Crippen LogP contribution in [-0.4, -0.2) is 12.5 Å². The Morgan fingerprint density at radius 1 is 1.00 bits per heavy atom. The largest absolute Gasteiger partial charge is 0.483 e. The molecule has 7 heteroatoms. The Hall–Kier alpha value is -2.57. The second-order valence-electron chi connectivity index (χ2n) is 5.97. The van der Waals surface area contributed by atoms with Gasteiger partial charge >= 0.3 is 0 Å². The van der Waals surface area contributed by atoms with E-state index in [1.54, 1.807) is 6.07 Å². The van der Waals surface area contributed by atoms with Gasteiger partial charge in [0.25, 0.3) is 5.91 Å². The normalized spacial score (nSPS) is 10.4. The Kier molecular flexibility index (Phi) is 6.90. The molecule has 0 saturated carbocycles. The van der Waals surface area contributed by atoms with Gasteiger partial charge in [0, 0.05) is 22.9 Å². The second kappa shape index (κ2) is 9.57. The lowest BCUT2D eigenvalue weighted by molar-refractivity contribution is -0.118. The van der Waals surface area contributed by atoms with Gasteiger partial charge < -0.3 is 15.4 Å². The molecule has 3 aromatic carbocycles. The van der Waals surface area contributed by atoms with Crippen LogP contribution in [0.4, 0.5) is 15.8 Å². The van der Waals surface area contributed by atoms with Crippen molar-refractivity contribution in [3.63, 3.8) is 0 Å². The van der Waals surface area contributed by atoms with Crippen molar-refractivity contribution >= 4 is 44.8 Å². The molecule has 0 aliphatic heterocycles. The van der Waals surface area contributed by atoms with E-state index in [0.717, 1.165) is 15.7 Å². The van der Waals surface area contributed by atoms with Crippen LogP contribution in [0.5, 0.6) is 5.75 Å². The fourth-order valence-electron chi connectivity index (χ4n) is 2.42. The van der Waals surface area contributed by atoms with Gasteiger partial charge in [-0.15, -0.1) is 0 Å². The minimum absolute atomic E-state index is 0.154. The molecule has 0 radical (unpaired) electrons. The number of nitrogens with one attached hydrogen (secondary N) is 2. The number of anilines is 2. The number of benzene rings is 3. The van der Waals surface area contributed by atoms with Gasteiger partial charge in [0.15, 0.2) is 6.61 Å². The van der Waals surface area contributed by atoms with Crippen molar-refractivity contribution in [2.24, 2.45) is 0 Å². The van der Waals surface area contributed by atoms with Crippen LogP contribution in [0, 0.1) is 5.82 Å². The number of hydrogen-bond donors (Lipinski definition) is 2. The molecule has 0 atom stereocenters. The summed E-state index contributed by atoms with van der Waals surface area (Å²) in [6, 6.07) is 18.7. The van der Waals surface area contributed by atoms with Crippen molar-refractivity contribution in [2.75, 3.05) is 17.2 Å². The molecule has 0 heterocycles. The van der Waals surface area contributed by atoms with E-state index in [-0.39, 0.29) is 18.3 Å². The molecule has 3 rings (SSSR count). The maximum Gasteiger partial charge on any atom is 0.262 e. The Labute approximate surface area is 175 Å². The van der Waals surface area contributed by atoms with E-state index < -0.39 is 0 Å². The van der Waals surface area contributed by atoms with Gasteiger partial charge in [0.1, 0.15) is 11.6 Å². The summed E-state index contributed by atoms with van der Waals surface area (Å²) in [6.07, 6.45) is 0. The number of carbonyl (C=O) groups is 1. The van der Waals surface area contributed by atoms with Crippen molar-refractivity contribution in [2.45, 2.75) is 6.54 Å². The number of hydrogen-bond acceptors (Lipinski definition) is 3. The lowest BCUT2D eigenvalue weighted by atomic mass is 10.2. The van der Waals surface area contributed by atoms with Gasteiger partial charge in [-0.3, -0.25) is 4.79 Å². The lowest BCUT2D eigenvalue weighted by Crippen LogP contribution is -2.20. The van der Waals surface area contributed by atoms with Crippen LogP contribution in [0.15, 0.2) is 71.2 Å². The number of amides is 1. The first-order valence-corrected chi connectivity index (χ1v) is 9.63. The maximum absolute atomic E-state index is 12.9. The Morgan fingerprint density at radius 2 is 1.68 bits per heavy atom. The van der Waals surface area contributed by atoms with Crippen LogP contribution in [0.3, 0.4) is 0 Å². The summed E-state index contributed by atoms with van der Waals surface area (Å²) >= 11 is 9.34. The molecule has 28 heavy (non-hydrogen) atoms. The fraction of sp³-hybridized carbons (Fsp3) is 0.0952. The van der Waals surface area contributed by atoms with Gasteiger partial charge in [-0.1, -0.05) is 17.7 Å². The Bertz CT molecular complexity index is 950. The third kappa shape index (κ3) is 5.97. The molecule has 144 valence electrons. The van der Waals surface area contributed by atoms with Crippen molar-refractivity contribution in [1.29, 1.82) is 0 Å². The second-order valence-corrected chi connectivity index (χ2v) is 7.26. The Balaban J connectivity index is 1.51. The molecule has 0 aliphatic carbocycles. The number of ether oxygens (including phenoxy) is 1. The van der Waals surface area contributed by atoms with E-state index >= 15 is 0 Å². The van der Waals surface area contributed by atoms with E-state index in [2.05, 4.69) is 26.6 Å². The molecule has 0 bridgehead atoms. The smallest absolute Gasteiger partial charge is 0.262 e. The molecule has 0 aliphatic rings. The summed E-state index contributed by atoms with van der Waals surface area (Å²) in [6.45, 7) is 0.476. The van der Waals surface area contributed by atoms with Crippen LogP contribution >= 0.6 is 27.5 Å². The summed E-state index contributed by atoms with van der Waals surface area (Å²) in [4.78, 5) is 12.0. The maximum atomic E-state index is 12.9. The van der Waals surface area contributed by atoms with Gasteiger partial charge in [0.05, 0.1) is 4.47 Å². The molecule has 2 N–H and O–H groups in total. The van der Waals surface area contributed by atoms with Crippen LogP contribution in [0.1, 0.15) is 5.56 Å². The molecule has 0 aromatic heterocycles. The monoisotopic (exact) mass is 462 g/mol. The molecule has 0 fully saturated rings. The highest BCUT2D eigenvalue weighted by Crippen LogP contribution is 2.26. The van der Waals surface area contributed by atoms with Crippen LogP contribution in [0.2, 0.25) is 5.02 Å². The molecule has 3 aromatic rings. The van der Waals surface area contributed by atoms with Crippen molar-refractivity contribution in [3.8, 4) is 5.75 Å². The zero-order valence-electron chi connectivity index (χ0n) is 14.7. The molecule has 0 saturated heterocycles. The zero-order valence-corrected chi connectivity index (χ0v) is 17.1. The van der Waals surface area contributed by atoms with Gasteiger partial charge in [-0.25, -0.2) is 4.39 Å². The molecule has 0 spiro atoms. The standard InChI is InChI=1S/C21H17BrClFN2O2/c22-19-11-14(12-25-17-6-2-15(23)3-7-17)1-10-20(19)28-13-21(27)26-18-8-4-16(24)5-9-18/h1-11,25H,12-13H2,(H,26,27). The summed E-state index contributed by atoms with van der Waals surface area (Å²) in [5, 5.41) is 6.65. The predicted octanol–water partition coefficient (Wildman–Crippen LogP) is 5.87. The van der Waals surface area contributed by atoms with E-state index in [9.17, 15) is 9.18 Å². The average Bonchev–Trinajstić information content (AvgIpc) is 2.68. The first-order chi connectivity index (χ1) is 13.5. The molecule has 0 unspecified atom stereocenters. The average molecular weight is 464 g/mol. The van der Waals surface area contributed by atoms with Crippen molar-refractivity contribution in [3.05, 3.63) is 87.6 Å². The number of halogens is 3. The third-order valence-corrected chi connectivity index (χ3v) is 4.70. The number of rotatable bonds is 7. The van der Waals surface area contributed by atoms with Gasteiger partial charge in [0.2, 0.25) is 0 Å². The van der Waals surface area contributed by atoms with Crippen molar-refractivity contribution in [1.82, 2.24) is 0 Å². The summed E-state index contributed by atoms with van der Waals surface area (Å²) < 4.78 is 19.2. The van der Waals surface area contributed by atoms with Crippen LogP contribution in [-0.2, 0) is 11.3 Å². The number of carbonyl (C=O) groups excluding carboxylic acids is 1. The summed E-state index contributed by atoms with van der Waals surface area (Å²) in [7, 11) is 0. The molecule has 1 amide bonds. The highest BCUT2D eigenvalue weighted by Gasteiger charge is 2.07. The minimum Gasteiger partial charge on any atom is -0.483 e. The molecular weight excluding hydrogens is 447 g/mol. The predicted molar refractivity (Wildman–Crippen MR) is 113 cm³/mol. The summed E-state index contributed by atoms with van der Waals surface area (Å²) in [5.74, 6) is -0.125. The Morgan fingerprint density at radius 3 is 2.36 bits per heavy atom. The summed E-state index contributed by atoms with van der Waals surface area (Å²) in [5.41, 5.74) is 2.53. The first-order valence-electron chi connectivity index (χ1n) is 8.46. The fourth-order valence-corrected chi connectivity index (χ4v) is 3.08. The quantitative estimate of drug-likeness (QED) is 0.461. The zero-order chi connectivity index (χ0) is 19.9. The van der Waals surface area contributed by atoms with Crippen LogP contribution < -0.4 is 15.4 Å². The SMILES string of the molecule is O=C(COc1ccc(CNc2ccc(Cl)cc2)cc1Br)Nc1ccc(F)cc1. The highest BCUT2D eigenvalue weighted by molar-refractivity contribution is 9.10. The topological polar surface area (TPSA) is 50.4 Å². The molecular formula is C21H17BrClFN2O2. The van der Waals surface area contributed by atoms with E-state index in [1.807, 2.05) is 36.4 Å². The van der Waals surface area contributed by atoms with Gasteiger partial charge in [-0.05, 0) is 82.2 Å². The van der Waals surface area contributed by atoms with Gasteiger partial charge in [-0.2, -0.15) is 0 Å². The molecule has 4 nitrogen and oxygen atoms in total. The van der Waals surface area contributed by atoms with E-state index in [1.165, 1.54) is 24.3 Å². The van der Waals surface area contributed by atoms with Crippen molar-refractivity contribution < 1.29 is 13.9 Å². The first kappa shape index (κ1) is 20.2.